The van der Waals surface area contributed by atoms with E-state index in [0.29, 0.717) is 15.1 Å². The van der Waals surface area contributed by atoms with E-state index in [1.165, 1.54) is 0 Å². The smallest absolute Gasteiger partial charge is 0.0655 e. The van der Waals surface area contributed by atoms with Gasteiger partial charge in [-0.3, -0.25) is 0 Å². The second-order valence-corrected chi connectivity index (χ2v) is 4.54. The molecule has 0 unspecified atom stereocenters. The van der Waals surface area contributed by atoms with E-state index in [1.54, 1.807) is 12.1 Å². The summed E-state index contributed by atoms with van der Waals surface area (Å²) in [6, 6.07) is 12.7. The van der Waals surface area contributed by atoms with E-state index in [9.17, 15) is 0 Å². The Morgan fingerprint density at radius 1 is 0.812 bits per heavy atom. The molecule has 0 radical (unpaired) electrons. The monoisotopic (exact) mass is 271 g/mol. The van der Waals surface area contributed by atoms with Gasteiger partial charge >= 0.3 is 0 Å². The molecule has 0 bridgehead atoms. The fourth-order valence-corrected chi connectivity index (χ4v) is 1.96. The van der Waals surface area contributed by atoms with Crippen LogP contribution in [0.5, 0.6) is 0 Å². The second kappa shape index (κ2) is 4.96. The summed E-state index contributed by atoms with van der Waals surface area (Å²) in [6.07, 6.45) is 0. The highest BCUT2D eigenvalue weighted by molar-refractivity contribution is 6.36. The topological polar surface area (TPSA) is 12.0 Å². The third-order valence-electron chi connectivity index (χ3n) is 2.03. The Bertz CT molecular complexity index is 511. The highest BCUT2D eigenvalue weighted by atomic mass is 35.5. The van der Waals surface area contributed by atoms with Crippen LogP contribution in [0, 0.1) is 0 Å². The van der Waals surface area contributed by atoms with Crippen molar-refractivity contribution in [1.82, 2.24) is 0 Å². The van der Waals surface area contributed by atoms with Crippen LogP contribution >= 0.6 is 34.8 Å². The van der Waals surface area contributed by atoms with Crippen LogP contribution < -0.4 is 5.32 Å². The van der Waals surface area contributed by atoms with Crippen LogP contribution in [0.3, 0.4) is 0 Å². The van der Waals surface area contributed by atoms with Gasteiger partial charge < -0.3 is 5.32 Å². The first-order chi connectivity index (χ1) is 7.65. The number of halogens is 3. The minimum absolute atomic E-state index is 0.576. The van der Waals surface area contributed by atoms with Crippen molar-refractivity contribution in [2.75, 3.05) is 5.32 Å². The zero-order chi connectivity index (χ0) is 11.5. The van der Waals surface area contributed by atoms with Gasteiger partial charge in [-0.1, -0.05) is 40.9 Å². The van der Waals surface area contributed by atoms with Gasteiger partial charge in [0.15, 0.2) is 0 Å². The molecule has 0 heterocycles. The molecular formula is C12H8Cl3N. The summed E-state index contributed by atoms with van der Waals surface area (Å²) < 4.78 is 0. The minimum atomic E-state index is 0.576. The van der Waals surface area contributed by atoms with Crippen molar-refractivity contribution in [2.45, 2.75) is 0 Å². The lowest BCUT2D eigenvalue weighted by Gasteiger charge is -2.08. The normalized spacial score (nSPS) is 10.2. The van der Waals surface area contributed by atoms with E-state index in [0.717, 1.165) is 11.4 Å². The summed E-state index contributed by atoms with van der Waals surface area (Å²) in [4.78, 5) is 0. The lowest BCUT2D eigenvalue weighted by molar-refractivity contribution is 1.55. The van der Waals surface area contributed by atoms with Gasteiger partial charge in [0.2, 0.25) is 0 Å². The number of benzene rings is 2. The molecular weight excluding hydrogens is 264 g/mol. The molecule has 0 spiro atoms. The van der Waals surface area contributed by atoms with Crippen molar-refractivity contribution in [2.24, 2.45) is 0 Å². The quantitative estimate of drug-likeness (QED) is 0.773. The van der Waals surface area contributed by atoms with Gasteiger partial charge in [0, 0.05) is 15.7 Å². The number of anilines is 2. The van der Waals surface area contributed by atoms with E-state index in [4.69, 9.17) is 34.8 Å². The molecule has 2 aromatic rings. The molecule has 4 heteroatoms. The summed E-state index contributed by atoms with van der Waals surface area (Å²) in [6.45, 7) is 0. The first kappa shape index (κ1) is 11.6. The predicted molar refractivity (Wildman–Crippen MR) is 71.2 cm³/mol. The molecule has 0 aliphatic carbocycles. The lowest BCUT2D eigenvalue weighted by atomic mass is 10.2. The fourth-order valence-electron chi connectivity index (χ4n) is 1.31. The molecule has 0 aromatic heterocycles. The van der Waals surface area contributed by atoms with Gasteiger partial charge in [-0.05, 0) is 36.4 Å². The third kappa shape index (κ3) is 2.82. The summed E-state index contributed by atoms with van der Waals surface area (Å²) in [5.41, 5.74) is 1.69. The second-order valence-electron chi connectivity index (χ2n) is 3.26. The molecule has 16 heavy (non-hydrogen) atoms. The molecule has 0 fully saturated rings. The third-order valence-corrected chi connectivity index (χ3v) is 2.82. The Morgan fingerprint density at radius 2 is 1.56 bits per heavy atom. The van der Waals surface area contributed by atoms with Crippen LogP contribution in [0.15, 0.2) is 42.5 Å². The zero-order valence-corrected chi connectivity index (χ0v) is 10.4. The molecule has 0 aliphatic rings. The van der Waals surface area contributed by atoms with Crippen molar-refractivity contribution in [1.29, 1.82) is 0 Å². The number of hydrogen-bond donors (Lipinski definition) is 1. The van der Waals surface area contributed by atoms with Crippen molar-refractivity contribution in [3.63, 3.8) is 0 Å². The zero-order valence-electron chi connectivity index (χ0n) is 8.18. The van der Waals surface area contributed by atoms with E-state index >= 15 is 0 Å². The Kier molecular flexibility index (Phi) is 3.59. The van der Waals surface area contributed by atoms with Crippen LogP contribution in [0.1, 0.15) is 0 Å². The molecule has 0 amide bonds. The van der Waals surface area contributed by atoms with E-state index in [2.05, 4.69) is 5.32 Å². The largest absolute Gasteiger partial charge is 0.354 e. The van der Waals surface area contributed by atoms with Crippen molar-refractivity contribution >= 4 is 46.2 Å². The van der Waals surface area contributed by atoms with Gasteiger partial charge in [-0.2, -0.15) is 0 Å². The Labute approximate surface area is 109 Å². The maximum Gasteiger partial charge on any atom is 0.0655 e. The predicted octanol–water partition coefficient (Wildman–Crippen LogP) is 5.39. The number of hydrogen-bond acceptors (Lipinski definition) is 1. The van der Waals surface area contributed by atoms with E-state index < -0.39 is 0 Å². The maximum absolute atomic E-state index is 6.04. The first-order valence-corrected chi connectivity index (χ1v) is 5.76. The van der Waals surface area contributed by atoms with Gasteiger partial charge in [0.25, 0.3) is 0 Å². The molecule has 1 nitrogen and oxygen atoms in total. The SMILES string of the molecule is Clc1cccc(Nc2ccc(Cl)cc2Cl)c1. The van der Waals surface area contributed by atoms with Crippen molar-refractivity contribution in [3.8, 4) is 0 Å². The summed E-state index contributed by atoms with van der Waals surface area (Å²) in [5, 5.41) is 5.03. The Balaban J connectivity index is 2.27. The number of nitrogens with one attached hydrogen (secondary N) is 1. The molecule has 0 atom stereocenters. The molecule has 0 saturated heterocycles. The lowest BCUT2D eigenvalue weighted by Crippen LogP contribution is -1.90. The first-order valence-electron chi connectivity index (χ1n) is 4.63. The minimum Gasteiger partial charge on any atom is -0.354 e. The van der Waals surface area contributed by atoms with Gasteiger partial charge in [0.1, 0.15) is 0 Å². The van der Waals surface area contributed by atoms with Crippen LogP contribution in [-0.4, -0.2) is 0 Å². The van der Waals surface area contributed by atoms with E-state index in [1.807, 2.05) is 30.3 Å². The van der Waals surface area contributed by atoms with Crippen LogP contribution in [0.25, 0.3) is 0 Å². The molecule has 2 aromatic carbocycles. The Morgan fingerprint density at radius 3 is 2.25 bits per heavy atom. The van der Waals surface area contributed by atoms with Gasteiger partial charge in [-0.15, -0.1) is 0 Å². The standard InChI is InChI=1S/C12H8Cl3N/c13-8-2-1-3-10(6-8)16-12-5-4-9(14)7-11(12)15/h1-7,16H. The molecule has 0 saturated carbocycles. The van der Waals surface area contributed by atoms with E-state index in [-0.39, 0.29) is 0 Å². The number of rotatable bonds is 2. The average molecular weight is 273 g/mol. The Hall–Kier alpha value is -0.890. The molecule has 2 rings (SSSR count). The summed E-state index contributed by atoms with van der Waals surface area (Å²) in [7, 11) is 0. The maximum atomic E-state index is 6.04. The highest BCUT2D eigenvalue weighted by Crippen LogP contribution is 2.28. The highest BCUT2D eigenvalue weighted by Gasteiger charge is 2.01. The van der Waals surface area contributed by atoms with Crippen LogP contribution in [0.2, 0.25) is 15.1 Å². The summed E-state index contributed by atoms with van der Waals surface area (Å²) >= 11 is 17.7. The van der Waals surface area contributed by atoms with Gasteiger partial charge in [-0.25, -0.2) is 0 Å². The average Bonchev–Trinajstić information content (AvgIpc) is 2.22. The van der Waals surface area contributed by atoms with Crippen LogP contribution in [-0.2, 0) is 0 Å². The molecule has 82 valence electrons. The molecule has 0 aliphatic heterocycles. The van der Waals surface area contributed by atoms with Crippen molar-refractivity contribution in [3.05, 3.63) is 57.5 Å². The van der Waals surface area contributed by atoms with Crippen molar-refractivity contribution < 1.29 is 0 Å². The fraction of sp³-hybridized carbons (Fsp3) is 0. The summed E-state index contributed by atoms with van der Waals surface area (Å²) in [5.74, 6) is 0. The van der Waals surface area contributed by atoms with Gasteiger partial charge in [0.05, 0.1) is 10.7 Å². The van der Waals surface area contributed by atoms with Crippen LogP contribution in [0.4, 0.5) is 11.4 Å². The molecule has 1 N–H and O–H groups in total.